The molecule has 0 unspecified atom stereocenters. The molecule has 3 N–H and O–H groups in total. The monoisotopic (exact) mass is 502 g/mol. The van der Waals surface area contributed by atoms with Gasteiger partial charge in [-0.3, -0.25) is 4.98 Å². The third-order valence-electron chi connectivity index (χ3n) is 5.72. The Morgan fingerprint density at radius 3 is 2.68 bits per heavy atom. The second-order valence-corrected chi connectivity index (χ2v) is 8.39. The molecule has 0 spiro atoms. The Balaban J connectivity index is 1.45. The molecule has 0 amide bonds. The second-order valence-electron chi connectivity index (χ2n) is 8.39. The zero-order valence-corrected chi connectivity index (χ0v) is 19.9. The van der Waals surface area contributed by atoms with Crippen molar-refractivity contribution < 1.29 is 13.2 Å². The number of hydrogen-bond donors (Lipinski definition) is 3. The highest BCUT2D eigenvalue weighted by atomic mass is 19.3. The second kappa shape index (κ2) is 9.34. The summed E-state index contributed by atoms with van der Waals surface area (Å²) in [7, 11) is 0. The van der Waals surface area contributed by atoms with Gasteiger partial charge in [0.1, 0.15) is 29.0 Å². The fourth-order valence-corrected chi connectivity index (χ4v) is 3.85. The Hall–Kier alpha value is -4.80. The molecule has 0 bridgehead atoms. The summed E-state index contributed by atoms with van der Waals surface area (Å²) < 4.78 is 42.3. The minimum absolute atomic E-state index is 0.0413. The van der Waals surface area contributed by atoms with Crippen LogP contribution in [0.25, 0.3) is 28.1 Å². The molecule has 5 aromatic rings. The number of anilines is 3. The number of H-pyrrole nitrogens is 1. The van der Waals surface area contributed by atoms with Crippen molar-refractivity contribution in [2.45, 2.75) is 19.8 Å². The first-order valence-corrected chi connectivity index (χ1v) is 11.2. The summed E-state index contributed by atoms with van der Waals surface area (Å²) in [6.07, 6.45) is 5.77. The van der Waals surface area contributed by atoms with E-state index in [4.69, 9.17) is 0 Å². The van der Waals surface area contributed by atoms with Crippen LogP contribution < -0.4 is 10.6 Å². The van der Waals surface area contributed by atoms with E-state index in [1.54, 1.807) is 30.7 Å². The number of aromatic nitrogens is 6. The fraction of sp³-hybridized carbons (Fsp3) is 0.115. The summed E-state index contributed by atoms with van der Waals surface area (Å²) in [6.45, 7) is 6.35. The van der Waals surface area contributed by atoms with Crippen molar-refractivity contribution in [3.05, 3.63) is 90.7 Å². The fourth-order valence-electron chi connectivity index (χ4n) is 3.85. The lowest BCUT2D eigenvalue weighted by molar-refractivity contribution is 0.0135. The van der Waals surface area contributed by atoms with E-state index in [0.29, 0.717) is 41.0 Å². The van der Waals surface area contributed by atoms with Gasteiger partial charge in [0.15, 0.2) is 11.5 Å². The molecule has 0 radical (unpaired) electrons. The number of hydrogen-bond acceptors (Lipinski definition) is 7. The van der Waals surface area contributed by atoms with Gasteiger partial charge in [-0.25, -0.2) is 33.1 Å². The van der Waals surface area contributed by atoms with E-state index in [1.165, 1.54) is 6.33 Å². The Morgan fingerprint density at radius 1 is 1.03 bits per heavy atom. The average Bonchev–Trinajstić information content (AvgIpc) is 3.35. The minimum atomic E-state index is -3.35. The normalized spacial score (nSPS) is 11.5. The number of alkyl halides is 2. The van der Waals surface area contributed by atoms with E-state index in [9.17, 15) is 13.2 Å². The molecular formula is C26H21F3N8. The molecule has 1 aromatic carbocycles. The van der Waals surface area contributed by atoms with E-state index in [-0.39, 0.29) is 11.4 Å². The Morgan fingerprint density at radius 2 is 1.86 bits per heavy atom. The predicted octanol–water partition coefficient (Wildman–Crippen LogP) is 6.20. The summed E-state index contributed by atoms with van der Waals surface area (Å²) in [5.41, 5.74) is 3.73. The first-order valence-electron chi connectivity index (χ1n) is 11.2. The number of aryl methyl sites for hydroxylation is 1. The first-order chi connectivity index (χ1) is 17.7. The number of nitrogens with one attached hydrogen (secondary N) is 3. The van der Waals surface area contributed by atoms with E-state index < -0.39 is 17.3 Å². The van der Waals surface area contributed by atoms with E-state index >= 15 is 0 Å². The van der Waals surface area contributed by atoms with Gasteiger partial charge >= 0.3 is 0 Å². The summed E-state index contributed by atoms with van der Waals surface area (Å²) in [6, 6.07) is 10.0. The van der Waals surface area contributed by atoms with Crippen LogP contribution in [-0.2, 0) is 5.92 Å². The molecule has 0 fully saturated rings. The molecule has 37 heavy (non-hydrogen) atoms. The lowest BCUT2D eigenvalue weighted by Crippen LogP contribution is -2.13. The Kier molecular flexibility index (Phi) is 6.04. The summed E-state index contributed by atoms with van der Waals surface area (Å²) in [5.74, 6) is -3.93. The van der Waals surface area contributed by atoms with Crippen molar-refractivity contribution >= 4 is 34.1 Å². The van der Waals surface area contributed by atoms with Crippen molar-refractivity contribution in [1.29, 1.82) is 0 Å². The third kappa shape index (κ3) is 4.70. The van der Waals surface area contributed by atoms with Crippen LogP contribution in [-0.4, -0.2) is 29.9 Å². The molecule has 4 aromatic heterocycles. The SMILES string of the molecule is C=C(Nc1ccc(C)c(Nc2ncccc2-c2ncnc3nc[nH]c23)c1)c1nccc(C(C)(F)F)c1F. The lowest BCUT2D eigenvalue weighted by Gasteiger charge is -2.17. The van der Waals surface area contributed by atoms with Crippen LogP contribution in [0, 0.1) is 12.7 Å². The van der Waals surface area contributed by atoms with E-state index in [0.717, 1.165) is 23.4 Å². The highest BCUT2D eigenvalue weighted by Gasteiger charge is 2.30. The van der Waals surface area contributed by atoms with Gasteiger partial charge in [-0.1, -0.05) is 12.6 Å². The molecule has 0 aliphatic rings. The largest absolute Gasteiger partial charge is 0.354 e. The third-order valence-corrected chi connectivity index (χ3v) is 5.72. The lowest BCUT2D eigenvalue weighted by atomic mass is 10.1. The highest BCUT2D eigenvalue weighted by molar-refractivity contribution is 5.91. The van der Waals surface area contributed by atoms with Crippen LogP contribution in [0.1, 0.15) is 23.7 Å². The zero-order chi connectivity index (χ0) is 26.2. The topological polar surface area (TPSA) is 104 Å². The van der Waals surface area contributed by atoms with Gasteiger partial charge < -0.3 is 15.6 Å². The van der Waals surface area contributed by atoms with Gasteiger partial charge in [0.25, 0.3) is 5.92 Å². The van der Waals surface area contributed by atoms with Crippen LogP contribution in [0.5, 0.6) is 0 Å². The van der Waals surface area contributed by atoms with Gasteiger partial charge in [-0.2, -0.15) is 0 Å². The number of aromatic amines is 1. The number of pyridine rings is 2. The number of nitrogens with zero attached hydrogens (tertiary/aromatic N) is 5. The molecule has 0 aliphatic carbocycles. The molecule has 186 valence electrons. The number of fused-ring (bicyclic) bond motifs is 1. The predicted molar refractivity (Wildman–Crippen MR) is 136 cm³/mol. The molecule has 0 atom stereocenters. The first kappa shape index (κ1) is 23.9. The standard InChI is InChI=1S/C26H21F3N8/c1-14-6-7-16(36-15(2)21-20(27)18(8-10-30-21)26(3,28)29)11-19(14)37-24-17(5-4-9-31-24)22-23-25(34-12-32-22)35-13-33-23/h4-13,36H,2H2,1,3H3,(H,31,37)(H,32,33,34,35). The van der Waals surface area contributed by atoms with E-state index in [1.807, 2.05) is 19.1 Å². The molecule has 8 nitrogen and oxygen atoms in total. The van der Waals surface area contributed by atoms with Gasteiger partial charge in [0.05, 0.1) is 17.6 Å². The average molecular weight is 503 g/mol. The minimum Gasteiger partial charge on any atom is -0.354 e. The van der Waals surface area contributed by atoms with Crippen molar-refractivity contribution in [3.63, 3.8) is 0 Å². The maximum Gasteiger partial charge on any atom is 0.273 e. The maximum atomic E-state index is 14.8. The summed E-state index contributed by atoms with van der Waals surface area (Å²) in [5, 5.41) is 6.29. The van der Waals surface area contributed by atoms with Gasteiger partial charge in [-0.15, -0.1) is 0 Å². The molecule has 11 heteroatoms. The van der Waals surface area contributed by atoms with Crippen molar-refractivity contribution in [1.82, 2.24) is 29.9 Å². The number of halogens is 3. The zero-order valence-electron chi connectivity index (χ0n) is 19.9. The molecule has 4 heterocycles. The van der Waals surface area contributed by atoms with Crippen LogP contribution >= 0.6 is 0 Å². The van der Waals surface area contributed by atoms with E-state index in [2.05, 4.69) is 47.1 Å². The Bertz CT molecular complexity index is 1620. The van der Waals surface area contributed by atoms with Crippen molar-refractivity contribution in [2.75, 3.05) is 10.6 Å². The van der Waals surface area contributed by atoms with Crippen LogP contribution in [0.3, 0.4) is 0 Å². The number of rotatable bonds is 7. The molecular weight excluding hydrogens is 481 g/mol. The smallest absolute Gasteiger partial charge is 0.273 e. The molecule has 0 aliphatic heterocycles. The molecule has 0 saturated heterocycles. The number of imidazole rings is 1. The maximum absolute atomic E-state index is 14.8. The molecule has 5 rings (SSSR count). The van der Waals surface area contributed by atoms with Crippen LogP contribution in [0.4, 0.5) is 30.4 Å². The van der Waals surface area contributed by atoms with Crippen LogP contribution in [0.15, 0.2) is 68.0 Å². The van der Waals surface area contributed by atoms with Crippen LogP contribution in [0.2, 0.25) is 0 Å². The van der Waals surface area contributed by atoms with Crippen molar-refractivity contribution in [3.8, 4) is 11.3 Å². The highest BCUT2D eigenvalue weighted by Crippen LogP contribution is 2.34. The quantitative estimate of drug-likeness (QED) is 0.244. The number of benzene rings is 1. The summed E-state index contributed by atoms with van der Waals surface area (Å²) >= 11 is 0. The van der Waals surface area contributed by atoms with Gasteiger partial charge in [0.2, 0.25) is 0 Å². The summed E-state index contributed by atoms with van der Waals surface area (Å²) in [4.78, 5) is 24.2. The van der Waals surface area contributed by atoms with Gasteiger partial charge in [-0.05, 0) is 42.8 Å². The van der Waals surface area contributed by atoms with Crippen molar-refractivity contribution in [2.24, 2.45) is 0 Å². The molecule has 0 saturated carbocycles. The Labute approximate surface area is 209 Å². The van der Waals surface area contributed by atoms with Gasteiger partial charge in [0, 0.05) is 36.3 Å².